The lowest BCUT2D eigenvalue weighted by Gasteiger charge is -2.18. The Kier molecular flexibility index (Phi) is 4.98. The predicted octanol–water partition coefficient (Wildman–Crippen LogP) is 2.36. The third kappa shape index (κ3) is 4.21. The Morgan fingerprint density at radius 3 is 2.68 bits per heavy atom. The molecule has 2 amide bonds. The van der Waals surface area contributed by atoms with Crippen LogP contribution in [0.4, 0.5) is 5.82 Å². The van der Waals surface area contributed by atoms with Crippen LogP contribution in [0.3, 0.4) is 0 Å². The molecule has 2 rings (SSSR count). The summed E-state index contributed by atoms with van der Waals surface area (Å²) in [7, 11) is 0. The van der Waals surface area contributed by atoms with E-state index in [2.05, 4.69) is 15.8 Å². The van der Waals surface area contributed by atoms with E-state index in [0.29, 0.717) is 18.0 Å². The number of nitrogens with one attached hydrogen (secondary N) is 2. The first-order valence-corrected chi connectivity index (χ1v) is 7.04. The van der Waals surface area contributed by atoms with Gasteiger partial charge in [-0.1, -0.05) is 19.0 Å². The molecule has 0 aliphatic rings. The van der Waals surface area contributed by atoms with E-state index in [1.165, 1.54) is 6.26 Å². The zero-order valence-electron chi connectivity index (χ0n) is 12.8. The van der Waals surface area contributed by atoms with Gasteiger partial charge in [0.2, 0.25) is 5.91 Å². The number of anilines is 1. The number of nitrogens with zero attached hydrogens (tertiary/aromatic N) is 1. The quantitative estimate of drug-likeness (QED) is 0.853. The minimum absolute atomic E-state index is 0.166. The van der Waals surface area contributed by atoms with E-state index in [1.54, 1.807) is 25.1 Å². The molecular formula is C15H19N3O4. The Balaban J connectivity index is 2.04. The van der Waals surface area contributed by atoms with E-state index in [1.807, 2.05) is 13.8 Å². The van der Waals surface area contributed by atoms with Crippen molar-refractivity contribution in [2.75, 3.05) is 5.32 Å². The number of carbonyl (C=O) groups is 2. The molecule has 2 aromatic rings. The summed E-state index contributed by atoms with van der Waals surface area (Å²) in [5.74, 6) is 0.536. The Hall–Kier alpha value is -2.57. The van der Waals surface area contributed by atoms with Crippen LogP contribution >= 0.6 is 0 Å². The molecule has 22 heavy (non-hydrogen) atoms. The smallest absolute Gasteiger partial charge is 0.287 e. The van der Waals surface area contributed by atoms with Gasteiger partial charge in [0.25, 0.3) is 5.91 Å². The average Bonchev–Trinajstić information content (AvgIpc) is 3.09. The van der Waals surface area contributed by atoms with Crippen LogP contribution in [0.15, 0.2) is 33.4 Å². The summed E-state index contributed by atoms with van der Waals surface area (Å²) in [5.41, 5.74) is 0. The standard InChI is InChI=1S/C15H19N3O4/c1-9(2)7-11(16-15(20)12-5-4-6-21-12)14(19)17-13-8-10(3)22-18-13/h4-6,8-9,11H,7H2,1-3H3,(H,16,20)(H,17,18,19)/t11-/m0/s1. The molecular weight excluding hydrogens is 286 g/mol. The Morgan fingerprint density at radius 2 is 2.14 bits per heavy atom. The molecule has 1 atom stereocenters. The van der Waals surface area contributed by atoms with Crippen molar-refractivity contribution in [3.63, 3.8) is 0 Å². The lowest BCUT2D eigenvalue weighted by molar-refractivity contribution is -0.118. The molecule has 2 aromatic heterocycles. The van der Waals surface area contributed by atoms with E-state index in [-0.39, 0.29) is 17.6 Å². The number of aromatic nitrogens is 1. The number of carbonyl (C=O) groups excluding carboxylic acids is 2. The van der Waals surface area contributed by atoms with Crippen LogP contribution in [-0.2, 0) is 4.79 Å². The molecule has 0 bridgehead atoms. The van der Waals surface area contributed by atoms with Gasteiger partial charge < -0.3 is 19.6 Å². The van der Waals surface area contributed by atoms with Gasteiger partial charge in [0.15, 0.2) is 11.6 Å². The number of rotatable bonds is 6. The van der Waals surface area contributed by atoms with Crippen molar-refractivity contribution in [1.29, 1.82) is 0 Å². The second kappa shape index (κ2) is 6.93. The van der Waals surface area contributed by atoms with Crippen LogP contribution in [-0.4, -0.2) is 23.0 Å². The monoisotopic (exact) mass is 305 g/mol. The molecule has 7 heteroatoms. The molecule has 0 saturated heterocycles. The topological polar surface area (TPSA) is 97.4 Å². The zero-order chi connectivity index (χ0) is 16.1. The van der Waals surface area contributed by atoms with Gasteiger partial charge >= 0.3 is 0 Å². The van der Waals surface area contributed by atoms with Crippen molar-refractivity contribution in [1.82, 2.24) is 10.5 Å². The summed E-state index contributed by atoms with van der Waals surface area (Å²) in [4.78, 5) is 24.4. The lowest BCUT2D eigenvalue weighted by atomic mass is 10.0. The highest BCUT2D eigenvalue weighted by molar-refractivity contribution is 5.99. The van der Waals surface area contributed by atoms with Crippen LogP contribution in [0, 0.1) is 12.8 Å². The van der Waals surface area contributed by atoms with Crippen molar-refractivity contribution in [3.05, 3.63) is 36.0 Å². The molecule has 118 valence electrons. The number of amides is 2. The molecule has 0 spiro atoms. The van der Waals surface area contributed by atoms with Gasteiger partial charge in [0, 0.05) is 6.07 Å². The molecule has 2 N–H and O–H groups in total. The third-order valence-corrected chi connectivity index (χ3v) is 2.95. The summed E-state index contributed by atoms with van der Waals surface area (Å²) in [6.07, 6.45) is 1.90. The van der Waals surface area contributed by atoms with Gasteiger partial charge in [-0.05, 0) is 31.4 Å². The van der Waals surface area contributed by atoms with Gasteiger partial charge in [-0.25, -0.2) is 0 Å². The number of furan rings is 1. The first kappa shape index (κ1) is 15.8. The first-order valence-electron chi connectivity index (χ1n) is 7.04. The van der Waals surface area contributed by atoms with Crippen LogP contribution in [0.5, 0.6) is 0 Å². The first-order chi connectivity index (χ1) is 10.5. The molecule has 0 saturated carbocycles. The normalized spacial score (nSPS) is 12.2. The van der Waals surface area contributed by atoms with Gasteiger partial charge in [-0.3, -0.25) is 9.59 Å². The molecule has 0 aliphatic heterocycles. The number of aryl methyl sites for hydroxylation is 1. The van der Waals surface area contributed by atoms with Crippen LogP contribution in [0.1, 0.15) is 36.6 Å². The van der Waals surface area contributed by atoms with Crippen molar-refractivity contribution >= 4 is 17.6 Å². The third-order valence-electron chi connectivity index (χ3n) is 2.95. The van der Waals surface area contributed by atoms with Gasteiger partial charge in [0.1, 0.15) is 11.8 Å². The molecule has 0 aromatic carbocycles. The second-order valence-corrected chi connectivity index (χ2v) is 5.44. The van der Waals surface area contributed by atoms with Crippen LogP contribution in [0.2, 0.25) is 0 Å². The maximum atomic E-state index is 12.3. The van der Waals surface area contributed by atoms with E-state index >= 15 is 0 Å². The average molecular weight is 305 g/mol. The van der Waals surface area contributed by atoms with E-state index in [9.17, 15) is 9.59 Å². The van der Waals surface area contributed by atoms with Crippen molar-refractivity contribution in [2.24, 2.45) is 5.92 Å². The highest BCUT2D eigenvalue weighted by Crippen LogP contribution is 2.11. The van der Waals surface area contributed by atoms with E-state index < -0.39 is 11.9 Å². The largest absolute Gasteiger partial charge is 0.459 e. The van der Waals surface area contributed by atoms with Crippen molar-refractivity contribution < 1.29 is 18.5 Å². The fraction of sp³-hybridized carbons (Fsp3) is 0.400. The van der Waals surface area contributed by atoms with Gasteiger partial charge in [-0.2, -0.15) is 0 Å². The summed E-state index contributed by atoms with van der Waals surface area (Å²) < 4.78 is 9.93. The molecule has 2 heterocycles. The van der Waals surface area contributed by atoms with Gasteiger partial charge in [0.05, 0.1) is 6.26 Å². The Morgan fingerprint density at radius 1 is 1.36 bits per heavy atom. The maximum absolute atomic E-state index is 12.3. The summed E-state index contributed by atoms with van der Waals surface area (Å²) in [6.45, 7) is 5.67. The lowest BCUT2D eigenvalue weighted by Crippen LogP contribution is -2.44. The highest BCUT2D eigenvalue weighted by atomic mass is 16.5. The number of hydrogen-bond donors (Lipinski definition) is 2. The Bertz CT molecular complexity index is 631. The number of hydrogen-bond acceptors (Lipinski definition) is 5. The fourth-order valence-corrected chi connectivity index (χ4v) is 1.98. The van der Waals surface area contributed by atoms with Crippen molar-refractivity contribution in [3.8, 4) is 0 Å². The minimum atomic E-state index is -0.686. The van der Waals surface area contributed by atoms with Crippen molar-refractivity contribution in [2.45, 2.75) is 33.2 Å². The minimum Gasteiger partial charge on any atom is -0.459 e. The van der Waals surface area contributed by atoms with Gasteiger partial charge in [-0.15, -0.1) is 0 Å². The van der Waals surface area contributed by atoms with Crippen LogP contribution < -0.4 is 10.6 Å². The molecule has 0 fully saturated rings. The molecule has 0 aliphatic carbocycles. The van der Waals surface area contributed by atoms with E-state index in [4.69, 9.17) is 8.94 Å². The summed E-state index contributed by atoms with van der Waals surface area (Å²) in [6, 6.07) is 4.08. The highest BCUT2D eigenvalue weighted by Gasteiger charge is 2.24. The second-order valence-electron chi connectivity index (χ2n) is 5.44. The van der Waals surface area contributed by atoms with Crippen LogP contribution in [0.25, 0.3) is 0 Å². The molecule has 7 nitrogen and oxygen atoms in total. The molecule has 0 unspecified atom stereocenters. The predicted molar refractivity (Wildman–Crippen MR) is 79.3 cm³/mol. The fourth-order valence-electron chi connectivity index (χ4n) is 1.98. The summed E-state index contributed by atoms with van der Waals surface area (Å²) >= 11 is 0. The molecule has 0 radical (unpaired) electrons. The SMILES string of the molecule is Cc1cc(NC(=O)[C@H](CC(C)C)NC(=O)c2ccco2)no1. The Labute approximate surface area is 128 Å². The zero-order valence-corrected chi connectivity index (χ0v) is 12.8. The summed E-state index contributed by atoms with van der Waals surface area (Å²) in [5, 5.41) is 9.01. The maximum Gasteiger partial charge on any atom is 0.287 e. The van der Waals surface area contributed by atoms with E-state index in [0.717, 1.165) is 0 Å².